The van der Waals surface area contributed by atoms with E-state index in [1.54, 1.807) is 11.3 Å². The number of amides is 2. The van der Waals surface area contributed by atoms with E-state index in [-0.39, 0.29) is 30.3 Å². The van der Waals surface area contributed by atoms with E-state index in [9.17, 15) is 9.59 Å². The first-order valence-corrected chi connectivity index (χ1v) is 8.72. The summed E-state index contributed by atoms with van der Waals surface area (Å²) in [4.78, 5) is 28.1. The zero-order valence-corrected chi connectivity index (χ0v) is 13.7. The van der Waals surface area contributed by atoms with Crippen molar-refractivity contribution >= 4 is 23.2 Å². The molecule has 2 heterocycles. The summed E-state index contributed by atoms with van der Waals surface area (Å²) in [6.45, 7) is 3.99. The van der Waals surface area contributed by atoms with Crippen LogP contribution in [-0.2, 0) is 9.59 Å². The predicted octanol–water partition coefficient (Wildman–Crippen LogP) is 1.23. The number of nitrogens with two attached hydrogens (primary N) is 1. The van der Waals surface area contributed by atoms with Gasteiger partial charge in [-0.25, -0.2) is 0 Å². The van der Waals surface area contributed by atoms with Crippen molar-refractivity contribution in [1.82, 2.24) is 10.2 Å². The van der Waals surface area contributed by atoms with Crippen molar-refractivity contribution in [2.24, 2.45) is 11.7 Å². The van der Waals surface area contributed by atoms with E-state index in [0.717, 1.165) is 32.4 Å². The molecule has 1 aliphatic carbocycles. The number of hydrogen-bond donors (Lipinski definition) is 2. The molecule has 2 fully saturated rings. The van der Waals surface area contributed by atoms with Crippen molar-refractivity contribution in [3.05, 3.63) is 21.9 Å². The highest BCUT2D eigenvalue weighted by molar-refractivity contribution is 7.12. The van der Waals surface area contributed by atoms with Crippen molar-refractivity contribution in [1.29, 1.82) is 0 Å². The molecular formula is C16H23N3O2S. The van der Waals surface area contributed by atoms with Gasteiger partial charge < -0.3 is 11.1 Å². The van der Waals surface area contributed by atoms with E-state index in [1.165, 1.54) is 9.75 Å². The molecule has 1 aliphatic heterocycles. The van der Waals surface area contributed by atoms with Gasteiger partial charge in [-0.2, -0.15) is 0 Å². The number of likely N-dealkylation sites (tertiary alicyclic amines) is 1. The number of piperidine rings is 1. The van der Waals surface area contributed by atoms with Gasteiger partial charge in [0.1, 0.15) is 0 Å². The van der Waals surface area contributed by atoms with Crippen molar-refractivity contribution in [3.63, 3.8) is 0 Å². The molecule has 6 heteroatoms. The van der Waals surface area contributed by atoms with Crippen LogP contribution in [0, 0.1) is 12.8 Å². The van der Waals surface area contributed by atoms with Crippen molar-refractivity contribution in [3.8, 4) is 0 Å². The number of carbonyl (C=O) groups is 2. The van der Waals surface area contributed by atoms with Crippen LogP contribution in [0.5, 0.6) is 0 Å². The zero-order chi connectivity index (χ0) is 15.7. The maximum Gasteiger partial charge on any atom is 0.231 e. The third-order valence-electron chi connectivity index (χ3n) is 4.49. The normalized spacial score (nSPS) is 28.3. The van der Waals surface area contributed by atoms with Gasteiger partial charge in [0, 0.05) is 34.2 Å². The van der Waals surface area contributed by atoms with E-state index < -0.39 is 0 Å². The quantitative estimate of drug-likeness (QED) is 0.856. The minimum atomic E-state index is -0.303. The van der Waals surface area contributed by atoms with Gasteiger partial charge in [0.15, 0.2) is 0 Å². The maximum absolute atomic E-state index is 12.4. The number of primary amides is 1. The Morgan fingerprint density at radius 3 is 2.95 bits per heavy atom. The highest BCUT2D eigenvalue weighted by atomic mass is 32.1. The molecule has 5 nitrogen and oxygen atoms in total. The largest absolute Gasteiger partial charge is 0.369 e. The molecule has 1 aromatic heterocycles. The molecule has 3 rings (SSSR count). The summed E-state index contributed by atoms with van der Waals surface area (Å²) in [5.74, 6) is 0.401. The minimum absolute atomic E-state index is 0.129. The molecular weight excluding hydrogens is 298 g/mol. The van der Waals surface area contributed by atoms with Gasteiger partial charge in [-0.05, 0) is 44.9 Å². The second-order valence-corrected chi connectivity index (χ2v) is 7.77. The third-order valence-corrected chi connectivity index (χ3v) is 5.62. The van der Waals surface area contributed by atoms with Gasteiger partial charge >= 0.3 is 0 Å². The van der Waals surface area contributed by atoms with Gasteiger partial charge in [0.25, 0.3) is 0 Å². The van der Waals surface area contributed by atoms with Crippen LogP contribution in [0.4, 0.5) is 0 Å². The monoisotopic (exact) mass is 321 g/mol. The van der Waals surface area contributed by atoms with Crippen molar-refractivity contribution in [2.45, 2.75) is 38.1 Å². The smallest absolute Gasteiger partial charge is 0.231 e. The molecule has 2 aliphatic rings. The van der Waals surface area contributed by atoms with E-state index in [4.69, 9.17) is 5.73 Å². The van der Waals surface area contributed by atoms with Gasteiger partial charge in [0.2, 0.25) is 11.8 Å². The molecule has 0 bridgehead atoms. The van der Waals surface area contributed by atoms with Crippen LogP contribution in [0.2, 0.25) is 0 Å². The highest BCUT2D eigenvalue weighted by Crippen LogP contribution is 2.49. The Bertz CT molecular complexity index is 571. The fourth-order valence-corrected chi connectivity index (χ4v) is 4.35. The average Bonchev–Trinajstić information content (AvgIpc) is 3.14. The molecule has 0 radical (unpaired) electrons. The lowest BCUT2D eigenvalue weighted by atomic mass is 10.1. The van der Waals surface area contributed by atoms with Crippen LogP contribution >= 0.6 is 11.3 Å². The molecule has 0 unspecified atom stereocenters. The zero-order valence-electron chi connectivity index (χ0n) is 12.9. The SMILES string of the molecule is Cc1ccc([C@@H]2C[C@H]2C(=O)N[C@H]2CCCN(CC(N)=O)C2)s1. The number of aryl methyl sites for hydroxylation is 1. The van der Waals surface area contributed by atoms with Crippen molar-refractivity contribution < 1.29 is 9.59 Å². The van der Waals surface area contributed by atoms with Crippen LogP contribution in [0.15, 0.2) is 12.1 Å². The van der Waals surface area contributed by atoms with Gasteiger partial charge in [-0.15, -0.1) is 11.3 Å². The standard InChI is InChI=1S/C16H23N3O2S/c1-10-4-5-14(22-10)12-7-13(12)16(21)18-11-3-2-6-19(8-11)9-15(17)20/h4-5,11-13H,2-3,6-9H2,1H3,(H2,17,20)(H,18,21)/t11-,12+,13+/m0/s1. The molecule has 2 amide bonds. The Kier molecular flexibility index (Phi) is 4.49. The Morgan fingerprint density at radius 1 is 1.45 bits per heavy atom. The molecule has 22 heavy (non-hydrogen) atoms. The number of rotatable bonds is 5. The first-order chi connectivity index (χ1) is 10.5. The van der Waals surface area contributed by atoms with Gasteiger partial charge in [0.05, 0.1) is 6.54 Å². The number of hydrogen-bond acceptors (Lipinski definition) is 4. The van der Waals surface area contributed by atoms with E-state index in [1.807, 2.05) is 4.90 Å². The highest BCUT2D eigenvalue weighted by Gasteiger charge is 2.45. The molecule has 0 aromatic carbocycles. The Hall–Kier alpha value is -1.40. The number of nitrogens with zero attached hydrogens (tertiary/aromatic N) is 1. The van der Waals surface area contributed by atoms with Crippen LogP contribution in [-0.4, -0.2) is 42.4 Å². The molecule has 3 atom stereocenters. The summed E-state index contributed by atoms with van der Waals surface area (Å²) >= 11 is 1.79. The summed E-state index contributed by atoms with van der Waals surface area (Å²) in [7, 11) is 0. The number of thiophene rings is 1. The van der Waals surface area contributed by atoms with Gasteiger partial charge in [-0.1, -0.05) is 0 Å². The lowest BCUT2D eigenvalue weighted by Crippen LogP contribution is -2.50. The number of carbonyl (C=O) groups excluding carboxylic acids is 2. The third kappa shape index (κ3) is 3.67. The van der Waals surface area contributed by atoms with E-state index in [2.05, 4.69) is 24.4 Å². The second-order valence-electron chi connectivity index (χ2n) is 6.45. The van der Waals surface area contributed by atoms with Crippen LogP contribution < -0.4 is 11.1 Å². The second kappa shape index (κ2) is 6.38. The summed E-state index contributed by atoms with van der Waals surface area (Å²) in [6, 6.07) is 4.41. The molecule has 1 saturated heterocycles. The Morgan fingerprint density at radius 2 is 2.27 bits per heavy atom. The first kappa shape index (κ1) is 15.5. The number of nitrogens with one attached hydrogen (secondary N) is 1. The minimum Gasteiger partial charge on any atom is -0.369 e. The lowest BCUT2D eigenvalue weighted by Gasteiger charge is -2.32. The Labute approximate surface area is 134 Å². The summed E-state index contributed by atoms with van der Waals surface area (Å²) in [5.41, 5.74) is 5.25. The van der Waals surface area contributed by atoms with Crippen LogP contribution in [0.3, 0.4) is 0 Å². The molecule has 0 spiro atoms. The van der Waals surface area contributed by atoms with E-state index in [0.29, 0.717) is 5.92 Å². The van der Waals surface area contributed by atoms with Crippen LogP contribution in [0.1, 0.15) is 34.9 Å². The maximum atomic E-state index is 12.4. The first-order valence-electron chi connectivity index (χ1n) is 7.90. The molecule has 1 saturated carbocycles. The summed E-state index contributed by atoms with van der Waals surface area (Å²) in [5, 5.41) is 3.16. The topological polar surface area (TPSA) is 75.4 Å². The average molecular weight is 321 g/mol. The molecule has 1 aromatic rings. The predicted molar refractivity (Wildman–Crippen MR) is 86.7 cm³/mol. The Balaban J connectivity index is 1.49. The fraction of sp³-hybridized carbons (Fsp3) is 0.625. The summed E-state index contributed by atoms with van der Waals surface area (Å²) in [6.07, 6.45) is 2.94. The van der Waals surface area contributed by atoms with E-state index >= 15 is 0 Å². The van der Waals surface area contributed by atoms with Crippen LogP contribution in [0.25, 0.3) is 0 Å². The fourth-order valence-electron chi connectivity index (χ4n) is 3.30. The van der Waals surface area contributed by atoms with Gasteiger partial charge in [-0.3, -0.25) is 14.5 Å². The molecule has 120 valence electrons. The van der Waals surface area contributed by atoms with Crippen molar-refractivity contribution in [2.75, 3.05) is 19.6 Å². The summed E-state index contributed by atoms with van der Waals surface area (Å²) < 4.78 is 0. The molecule has 3 N–H and O–H groups in total. The lowest BCUT2D eigenvalue weighted by molar-refractivity contribution is -0.123.